The molecule has 0 radical (unpaired) electrons. The van der Waals surface area contributed by atoms with Crippen LogP contribution in [0.4, 0.5) is 0 Å². The Hall–Kier alpha value is -1.97. The van der Waals surface area contributed by atoms with Gasteiger partial charge in [0.25, 0.3) is 0 Å². The first-order valence-electron chi connectivity index (χ1n) is 5.31. The van der Waals surface area contributed by atoms with E-state index in [4.69, 9.17) is 9.47 Å². The number of aryl methyl sites for hydroxylation is 1. The Bertz CT molecular complexity index is 584. The molecule has 0 N–H and O–H groups in total. The largest absolute Gasteiger partial charge is 0.493 e. The van der Waals surface area contributed by atoms with Gasteiger partial charge in [-0.15, -0.1) is 0 Å². The molecule has 1 aromatic heterocycles. The number of methoxy groups -OCH3 is 2. The maximum Gasteiger partial charge on any atom is 0.176 e. The van der Waals surface area contributed by atoms with E-state index in [0.717, 1.165) is 10.9 Å². The minimum absolute atomic E-state index is 0.0432. The summed E-state index contributed by atoms with van der Waals surface area (Å²) in [5.41, 5.74) is 1.63. The van der Waals surface area contributed by atoms with E-state index in [1.165, 1.54) is 0 Å². The molecular formula is C13H15NO3. The van der Waals surface area contributed by atoms with Crippen LogP contribution < -0.4 is 9.47 Å². The summed E-state index contributed by atoms with van der Waals surface area (Å²) in [5.74, 6) is 1.37. The molecule has 4 heteroatoms. The van der Waals surface area contributed by atoms with Crippen molar-refractivity contribution in [1.29, 1.82) is 0 Å². The zero-order valence-electron chi connectivity index (χ0n) is 10.4. The quantitative estimate of drug-likeness (QED) is 0.764. The molecule has 0 aliphatic rings. The van der Waals surface area contributed by atoms with Crippen molar-refractivity contribution in [3.8, 4) is 11.5 Å². The van der Waals surface area contributed by atoms with Gasteiger partial charge in [0.15, 0.2) is 17.3 Å². The fraction of sp³-hybridized carbons (Fsp3) is 0.308. The van der Waals surface area contributed by atoms with E-state index in [9.17, 15) is 4.79 Å². The lowest BCUT2D eigenvalue weighted by atomic mass is 10.2. The third-order valence-electron chi connectivity index (χ3n) is 2.91. The Morgan fingerprint density at radius 2 is 1.71 bits per heavy atom. The number of ether oxygens (including phenoxy) is 2. The van der Waals surface area contributed by atoms with E-state index in [1.54, 1.807) is 21.1 Å². The second-order valence-corrected chi connectivity index (χ2v) is 3.91. The molecule has 1 heterocycles. The van der Waals surface area contributed by atoms with E-state index in [0.29, 0.717) is 17.2 Å². The fourth-order valence-corrected chi connectivity index (χ4v) is 2.00. The minimum atomic E-state index is 0.0432. The van der Waals surface area contributed by atoms with Gasteiger partial charge in [-0.25, -0.2) is 0 Å². The minimum Gasteiger partial charge on any atom is -0.493 e. The van der Waals surface area contributed by atoms with Gasteiger partial charge in [0, 0.05) is 25.4 Å². The number of carbonyl (C=O) groups excluding carboxylic acids is 1. The highest BCUT2D eigenvalue weighted by Crippen LogP contribution is 2.33. The van der Waals surface area contributed by atoms with Crippen molar-refractivity contribution in [3.05, 3.63) is 23.9 Å². The number of ketones is 1. The molecule has 0 saturated carbocycles. The first kappa shape index (κ1) is 11.5. The van der Waals surface area contributed by atoms with Crippen LogP contribution in [0.5, 0.6) is 11.5 Å². The Morgan fingerprint density at radius 3 is 2.24 bits per heavy atom. The van der Waals surface area contributed by atoms with Gasteiger partial charge in [-0.1, -0.05) is 0 Å². The molecule has 0 saturated heterocycles. The third-order valence-corrected chi connectivity index (χ3v) is 2.91. The Labute approximate surface area is 99.7 Å². The molecule has 1 aromatic carbocycles. The smallest absolute Gasteiger partial charge is 0.176 e. The number of hydrogen-bond donors (Lipinski definition) is 0. The molecule has 2 rings (SSSR count). The zero-order chi connectivity index (χ0) is 12.6. The molecular weight excluding hydrogens is 218 g/mol. The van der Waals surface area contributed by atoms with Crippen LogP contribution in [-0.4, -0.2) is 24.6 Å². The summed E-state index contributed by atoms with van der Waals surface area (Å²) >= 11 is 0. The zero-order valence-corrected chi connectivity index (χ0v) is 10.4. The lowest BCUT2D eigenvalue weighted by Crippen LogP contribution is -2.00. The van der Waals surface area contributed by atoms with Crippen LogP contribution in [0, 0.1) is 0 Å². The van der Waals surface area contributed by atoms with Gasteiger partial charge in [0.05, 0.1) is 25.4 Å². The lowest BCUT2D eigenvalue weighted by Gasteiger charge is -2.08. The topological polar surface area (TPSA) is 40.5 Å². The SMILES string of the molecule is COc1cc2cc(C(C)=O)n(C)c2cc1OC. The van der Waals surface area contributed by atoms with Crippen LogP contribution in [0.15, 0.2) is 18.2 Å². The highest BCUT2D eigenvalue weighted by Gasteiger charge is 2.13. The van der Waals surface area contributed by atoms with Gasteiger partial charge in [-0.05, 0) is 12.1 Å². The monoisotopic (exact) mass is 233 g/mol. The van der Waals surface area contributed by atoms with Crippen molar-refractivity contribution < 1.29 is 14.3 Å². The molecule has 0 aliphatic carbocycles. The maximum absolute atomic E-state index is 11.5. The number of carbonyl (C=O) groups is 1. The molecule has 2 aromatic rings. The number of nitrogens with zero attached hydrogens (tertiary/aromatic N) is 1. The Morgan fingerprint density at radius 1 is 1.12 bits per heavy atom. The first-order valence-corrected chi connectivity index (χ1v) is 5.31. The standard InChI is InChI=1S/C13H15NO3/c1-8(15)10-5-9-6-12(16-3)13(17-4)7-11(9)14(10)2/h5-7H,1-4H3. The number of benzene rings is 1. The van der Waals surface area contributed by atoms with Gasteiger partial charge in [0.1, 0.15) is 0 Å². The number of fused-ring (bicyclic) bond motifs is 1. The lowest BCUT2D eigenvalue weighted by molar-refractivity contribution is 0.101. The normalized spacial score (nSPS) is 10.6. The number of aromatic nitrogens is 1. The summed E-state index contributed by atoms with van der Waals surface area (Å²) in [5, 5.41) is 0.968. The van der Waals surface area contributed by atoms with Crippen LogP contribution >= 0.6 is 0 Å². The van der Waals surface area contributed by atoms with Crippen molar-refractivity contribution in [1.82, 2.24) is 4.57 Å². The Kier molecular flexibility index (Phi) is 2.79. The molecule has 0 unspecified atom stereocenters. The Balaban J connectivity index is 2.75. The van der Waals surface area contributed by atoms with Crippen molar-refractivity contribution in [2.75, 3.05) is 14.2 Å². The molecule has 0 aliphatic heterocycles. The van der Waals surface area contributed by atoms with Crippen LogP contribution in [0.1, 0.15) is 17.4 Å². The molecule has 0 spiro atoms. The van der Waals surface area contributed by atoms with E-state index in [-0.39, 0.29) is 5.78 Å². The van der Waals surface area contributed by atoms with E-state index >= 15 is 0 Å². The second kappa shape index (κ2) is 4.13. The van der Waals surface area contributed by atoms with Crippen LogP contribution in [0.2, 0.25) is 0 Å². The fourth-order valence-electron chi connectivity index (χ4n) is 2.00. The molecule has 0 bridgehead atoms. The summed E-state index contributed by atoms with van der Waals surface area (Å²) in [7, 11) is 5.06. The third kappa shape index (κ3) is 1.75. The van der Waals surface area contributed by atoms with Gasteiger partial charge >= 0.3 is 0 Å². The van der Waals surface area contributed by atoms with Gasteiger partial charge in [0.2, 0.25) is 0 Å². The molecule has 4 nitrogen and oxygen atoms in total. The van der Waals surface area contributed by atoms with E-state index in [2.05, 4.69) is 0 Å². The van der Waals surface area contributed by atoms with E-state index < -0.39 is 0 Å². The molecule has 0 fully saturated rings. The van der Waals surface area contributed by atoms with Crippen molar-refractivity contribution in [2.24, 2.45) is 7.05 Å². The molecule has 0 atom stereocenters. The van der Waals surface area contributed by atoms with Crippen LogP contribution in [-0.2, 0) is 7.05 Å². The van der Waals surface area contributed by atoms with E-state index in [1.807, 2.05) is 29.8 Å². The predicted octanol–water partition coefficient (Wildman–Crippen LogP) is 2.40. The number of Topliss-reactive ketones (excluding diaryl/α,β-unsaturated/α-hetero) is 1. The summed E-state index contributed by atoms with van der Waals surface area (Å²) in [6, 6.07) is 5.61. The predicted molar refractivity (Wildman–Crippen MR) is 66.0 cm³/mol. The number of hydrogen-bond acceptors (Lipinski definition) is 3. The van der Waals surface area contributed by atoms with Gasteiger partial charge < -0.3 is 14.0 Å². The average Bonchev–Trinajstić information content (AvgIpc) is 2.64. The van der Waals surface area contributed by atoms with Crippen LogP contribution in [0.25, 0.3) is 10.9 Å². The first-order chi connectivity index (χ1) is 8.08. The molecule has 0 amide bonds. The summed E-state index contributed by atoms with van der Waals surface area (Å²) in [6.45, 7) is 1.56. The van der Waals surface area contributed by atoms with Crippen molar-refractivity contribution in [2.45, 2.75) is 6.92 Å². The van der Waals surface area contributed by atoms with Crippen LogP contribution in [0.3, 0.4) is 0 Å². The molecule has 17 heavy (non-hydrogen) atoms. The maximum atomic E-state index is 11.5. The van der Waals surface area contributed by atoms with Crippen molar-refractivity contribution >= 4 is 16.7 Å². The van der Waals surface area contributed by atoms with Gasteiger partial charge in [-0.3, -0.25) is 4.79 Å². The summed E-state index contributed by atoms with van der Waals surface area (Å²) in [6.07, 6.45) is 0. The average molecular weight is 233 g/mol. The summed E-state index contributed by atoms with van der Waals surface area (Å²) < 4.78 is 12.3. The van der Waals surface area contributed by atoms with Gasteiger partial charge in [-0.2, -0.15) is 0 Å². The highest BCUT2D eigenvalue weighted by molar-refractivity contribution is 5.99. The summed E-state index contributed by atoms with van der Waals surface area (Å²) in [4.78, 5) is 11.5. The van der Waals surface area contributed by atoms with Crippen molar-refractivity contribution in [3.63, 3.8) is 0 Å². The second-order valence-electron chi connectivity index (χ2n) is 3.91. The molecule has 90 valence electrons. The number of rotatable bonds is 3. The highest BCUT2D eigenvalue weighted by atomic mass is 16.5.